The van der Waals surface area contributed by atoms with Crippen LogP contribution in [0.2, 0.25) is 0 Å². The molecule has 0 aliphatic heterocycles. The summed E-state index contributed by atoms with van der Waals surface area (Å²) < 4.78 is 5.38. The summed E-state index contributed by atoms with van der Waals surface area (Å²) in [5.41, 5.74) is 4.20. The monoisotopic (exact) mass is 285 g/mol. The highest BCUT2D eigenvalue weighted by molar-refractivity contribution is 5.48. The minimum atomic E-state index is -0.541. The van der Waals surface area contributed by atoms with Gasteiger partial charge in [-0.3, -0.25) is 0 Å². The van der Waals surface area contributed by atoms with E-state index in [0.717, 1.165) is 22.6 Å². The zero-order chi connectivity index (χ0) is 15.4. The van der Waals surface area contributed by atoms with Gasteiger partial charge < -0.3 is 14.7 Å². The topological polar surface area (TPSA) is 32.7 Å². The molecule has 0 amide bonds. The van der Waals surface area contributed by atoms with E-state index in [1.165, 1.54) is 5.56 Å². The van der Waals surface area contributed by atoms with Gasteiger partial charge in [0.15, 0.2) is 0 Å². The molecule has 0 saturated carbocycles. The Hall–Kier alpha value is -2.00. The Kier molecular flexibility index (Phi) is 4.86. The molecule has 112 valence electrons. The van der Waals surface area contributed by atoms with E-state index in [0.29, 0.717) is 6.42 Å². The third-order valence-corrected chi connectivity index (χ3v) is 3.62. The lowest BCUT2D eigenvalue weighted by Crippen LogP contribution is -2.10. The molecule has 2 rings (SSSR count). The number of hydrogen-bond acceptors (Lipinski definition) is 3. The van der Waals surface area contributed by atoms with Crippen LogP contribution in [0.5, 0.6) is 5.75 Å². The van der Waals surface area contributed by atoms with E-state index in [2.05, 4.69) is 6.07 Å². The van der Waals surface area contributed by atoms with Crippen LogP contribution in [0.25, 0.3) is 0 Å². The van der Waals surface area contributed by atoms with Crippen molar-refractivity contribution in [3.8, 4) is 5.75 Å². The first kappa shape index (κ1) is 15.4. The van der Waals surface area contributed by atoms with Gasteiger partial charge in [-0.05, 0) is 36.2 Å². The Labute approximate surface area is 126 Å². The van der Waals surface area contributed by atoms with Crippen molar-refractivity contribution in [2.75, 3.05) is 26.1 Å². The third kappa shape index (κ3) is 3.76. The van der Waals surface area contributed by atoms with Crippen molar-refractivity contribution < 1.29 is 9.84 Å². The summed E-state index contributed by atoms with van der Waals surface area (Å²) in [5, 5.41) is 10.5. The van der Waals surface area contributed by atoms with Crippen LogP contribution in [0.1, 0.15) is 22.8 Å². The summed E-state index contributed by atoms with van der Waals surface area (Å²) in [6.45, 7) is 2.04. The van der Waals surface area contributed by atoms with E-state index in [-0.39, 0.29) is 0 Å². The molecule has 2 aromatic carbocycles. The molecule has 1 N–H and O–H groups in total. The van der Waals surface area contributed by atoms with Gasteiger partial charge >= 0.3 is 0 Å². The van der Waals surface area contributed by atoms with Crippen molar-refractivity contribution in [3.63, 3.8) is 0 Å². The Balaban J connectivity index is 2.23. The lowest BCUT2D eigenvalue weighted by molar-refractivity contribution is 0.177. The van der Waals surface area contributed by atoms with Crippen molar-refractivity contribution in [1.29, 1.82) is 0 Å². The SMILES string of the molecule is COc1ccc(C)cc1CC(O)c1cccc(N(C)C)c1. The number of aliphatic hydroxyl groups excluding tert-OH is 1. The van der Waals surface area contributed by atoms with Crippen LogP contribution >= 0.6 is 0 Å². The highest BCUT2D eigenvalue weighted by Gasteiger charge is 2.13. The molecule has 0 fully saturated rings. The fourth-order valence-corrected chi connectivity index (χ4v) is 2.40. The molecule has 21 heavy (non-hydrogen) atoms. The zero-order valence-corrected chi connectivity index (χ0v) is 13.1. The van der Waals surface area contributed by atoms with E-state index < -0.39 is 6.10 Å². The smallest absolute Gasteiger partial charge is 0.122 e. The number of anilines is 1. The maximum Gasteiger partial charge on any atom is 0.122 e. The molecule has 0 aromatic heterocycles. The Morgan fingerprint density at radius 3 is 2.57 bits per heavy atom. The molecular weight excluding hydrogens is 262 g/mol. The number of rotatable bonds is 5. The Morgan fingerprint density at radius 1 is 1.14 bits per heavy atom. The van der Waals surface area contributed by atoms with Crippen LogP contribution in [-0.2, 0) is 6.42 Å². The van der Waals surface area contributed by atoms with Crippen molar-refractivity contribution in [1.82, 2.24) is 0 Å². The summed E-state index contributed by atoms with van der Waals surface area (Å²) >= 11 is 0. The summed E-state index contributed by atoms with van der Waals surface area (Å²) in [6.07, 6.45) is 0.00228. The maximum absolute atomic E-state index is 10.5. The molecule has 0 heterocycles. The van der Waals surface area contributed by atoms with Gasteiger partial charge in [0.25, 0.3) is 0 Å². The molecule has 0 saturated heterocycles. The van der Waals surface area contributed by atoms with E-state index in [1.807, 2.05) is 62.3 Å². The van der Waals surface area contributed by atoms with Crippen LogP contribution in [0.3, 0.4) is 0 Å². The van der Waals surface area contributed by atoms with E-state index >= 15 is 0 Å². The molecule has 0 bridgehead atoms. The van der Waals surface area contributed by atoms with Crippen molar-refractivity contribution in [2.45, 2.75) is 19.4 Å². The number of aryl methyl sites for hydroxylation is 1. The van der Waals surface area contributed by atoms with E-state index in [1.54, 1.807) is 7.11 Å². The molecule has 0 radical (unpaired) electrons. The zero-order valence-electron chi connectivity index (χ0n) is 13.1. The number of nitrogens with zero attached hydrogens (tertiary/aromatic N) is 1. The molecular formula is C18H23NO2. The van der Waals surface area contributed by atoms with Crippen LogP contribution in [0.4, 0.5) is 5.69 Å². The van der Waals surface area contributed by atoms with Crippen LogP contribution < -0.4 is 9.64 Å². The van der Waals surface area contributed by atoms with E-state index in [9.17, 15) is 5.11 Å². The van der Waals surface area contributed by atoms with Gasteiger partial charge in [0.1, 0.15) is 5.75 Å². The van der Waals surface area contributed by atoms with Gasteiger partial charge in [0.2, 0.25) is 0 Å². The van der Waals surface area contributed by atoms with Crippen molar-refractivity contribution >= 4 is 5.69 Å². The van der Waals surface area contributed by atoms with Gasteiger partial charge in [-0.1, -0.05) is 29.8 Å². The first-order valence-electron chi connectivity index (χ1n) is 7.10. The van der Waals surface area contributed by atoms with Crippen LogP contribution in [0.15, 0.2) is 42.5 Å². The van der Waals surface area contributed by atoms with Crippen LogP contribution in [0, 0.1) is 6.92 Å². The Bertz CT molecular complexity index is 608. The summed E-state index contributed by atoms with van der Waals surface area (Å²) in [4.78, 5) is 2.03. The van der Waals surface area contributed by atoms with Gasteiger partial charge in [-0.15, -0.1) is 0 Å². The largest absolute Gasteiger partial charge is 0.496 e. The van der Waals surface area contributed by atoms with Gasteiger partial charge in [-0.2, -0.15) is 0 Å². The second kappa shape index (κ2) is 6.64. The number of benzene rings is 2. The summed E-state index contributed by atoms with van der Waals surface area (Å²) in [5.74, 6) is 0.823. The number of ether oxygens (including phenoxy) is 1. The van der Waals surface area contributed by atoms with Crippen LogP contribution in [-0.4, -0.2) is 26.3 Å². The molecule has 3 heteroatoms. The highest BCUT2D eigenvalue weighted by atomic mass is 16.5. The molecule has 0 spiro atoms. The molecule has 0 aliphatic rings. The lowest BCUT2D eigenvalue weighted by atomic mass is 9.99. The lowest BCUT2D eigenvalue weighted by Gasteiger charge is -2.17. The quantitative estimate of drug-likeness (QED) is 0.914. The number of hydrogen-bond donors (Lipinski definition) is 1. The minimum absolute atomic E-state index is 0.541. The third-order valence-electron chi connectivity index (χ3n) is 3.62. The predicted molar refractivity (Wildman–Crippen MR) is 87.2 cm³/mol. The average molecular weight is 285 g/mol. The van der Waals surface area contributed by atoms with Gasteiger partial charge in [-0.25, -0.2) is 0 Å². The predicted octanol–water partition coefficient (Wildman–Crippen LogP) is 3.35. The second-order valence-corrected chi connectivity index (χ2v) is 5.52. The first-order valence-corrected chi connectivity index (χ1v) is 7.10. The Morgan fingerprint density at radius 2 is 1.90 bits per heavy atom. The van der Waals surface area contributed by atoms with Gasteiger partial charge in [0, 0.05) is 26.2 Å². The molecule has 1 unspecified atom stereocenters. The summed E-state index contributed by atoms with van der Waals surface area (Å²) in [7, 11) is 5.65. The van der Waals surface area contributed by atoms with Crippen molar-refractivity contribution in [2.24, 2.45) is 0 Å². The standard InChI is InChI=1S/C18H23NO2/c1-13-8-9-18(21-4)15(10-13)12-17(20)14-6-5-7-16(11-14)19(2)3/h5-11,17,20H,12H2,1-4H3. The number of methoxy groups -OCH3 is 1. The molecule has 1 atom stereocenters. The van der Waals surface area contributed by atoms with Gasteiger partial charge in [0.05, 0.1) is 13.2 Å². The first-order chi connectivity index (χ1) is 10.0. The normalized spacial score (nSPS) is 12.0. The fraction of sp³-hybridized carbons (Fsp3) is 0.333. The molecule has 3 nitrogen and oxygen atoms in total. The number of aliphatic hydroxyl groups is 1. The molecule has 2 aromatic rings. The maximum atomic E-state index is 10.5. The van der Waals surface area contributed by atoms with E-state index in [4.69, 9.17) is 4.74 Å². The molecule has 0 aliphatic carbocycles. The second-order valence-electron chi connectivity index (χ2n) is 5.52. The average Bonchev–Trinajstić information content (AvgIpc) is 2.47. The highest BCUT2D eigenvalue weighted by Crippen LogP contribution is 2.27. The summed E-state index contributed by atoms with van der Waals surface area (Å²) in [6, 6.07) is 14.0. The minimum Gasteiger partial charge on any atom is -0.496 e. The van der Waals surface area contributed by atoms with Crippen molar-refractivity contribution in [3.05, 3.63) is 59.2 Å². The fourth-order valence-electron chi connectivity index (χ4n) is 2.40.